The van der Waals surface area contributed by atoms with Gasteiger partial charge in [-0.1, -0.05) is 37.3 Å². The van der Waals surface area contributed by atoms with Crippen molar-refractivity contribution in [1.29, 1.82) is 0 Å². The molecule has 0 unspecified atom stereocenters. The third-order valence-electron chi connectivity index (χ3n) is 3.86. The van der Waals surface area contributed by atoms with Crippen molar-refractivity contribution in [1.82, 2.24) is 10.2 Å². The summed E-state index contributed by atoms with van der Waals surface area (Å²) in [6, 6.07) is 10.3. The molecule has 2 saturated heterocycles. The van der Waals surface area contributed by atoms with Crippen LogP contribution in [-0.4, -0.2) is 48.9 Å². The Morgan fingerprint density at radius 1 is 1.29 bits per heavy atom. The van der Waals surface area contributed by atoms with E-state index in [9.17, 15) is 4.79 Å². The molecule has 0 aliphatic carbocycles. The van der Waals surface area contributed by atoms with Crippen molar-refractivity contribution in [2.45, 2.75) is 38.4 Å². The molecule has 1 aromatic rings. The quantitative estimate of drug-likeness (QED) is 0.883. The molecule has 5 heteroatoms. The van der Waals surface area contributed by atoms with Crippen LogP contribution >= 0.6 is 0 Å². The molecule has 3 rings (SSSR count). The summed E-state index contributed by atoms with van der Waals surface area (Å²) < 4.78 is 11.5. The normalized spacial score (nSPS) is 28.5. The first-order valence-electron chi connectivity index (χ1n) is 7.61. The molecule has 0 radical (unpaired) electrons. The predicted molar refractivity (Wildman–Crippen MR) is 78.6 cm³/mol. The maximum absolute atomic E-state index is 12.1. The second-order valence-electron chi connectivity index (χ2n) is 5.63. The summed E-state index contributed by atoms with van der Waals surface area (Å²) in [4.78, 5) is 14.4. The van der Waals surface area contributed by atoms with E-state index in [1.165, 1.54) is 5.56 Å². The number of nitrogens with one attached hydrogen (secondary N) is 1. The first-order valence-corrected chi connectivity index (χ1v) is 7.61. The number of carbonyl (C=O) groups is 1. The van der Waals surface area contributed by atoms with E-state index in [-0.39, 0.29) is 18.3 Å². The van der Waals surface area contributed by atoms with Crippen molar-refractivity contribution in [3.63, 3.8) is 0 Å². The Bertz CT molecular complexity index is 480. The fourth-order valence-electron chi connectivity index (χ4n) is 2.86. The van der Waals surface area contributed by atoms with Crippen molar-refractivity contribution in [3.05, 3.63) is 35.9 Å². The zero-order chi connectivity index (χ0) is 14.7. The SMILES string of the molecule is CCCNC(=O)[C@@H]1O[C@H]2CN(Cc3ccccc3)C[C@@H]1O2. The Kier molecular flexibility index (Phi) is 4.53. The third kappa shape index (κ3) is 3.43. The summed E-state index contributed by atoms with van der Waals surface area (Å²) in [6.45, 7) is 5.03. The van der Waals surface area contributed by atoms with Crippen LogP contribution in [0.4, 0.5) is 0 Å². The average Bonchev–Trinajstić information content (AvgIpc) is 2.80. The highest BCUT2D eigenvalue weighted by atomic mass is 16.7. The van der Waals surface area contributed by atoms with Crippen LogP contribution in [0.1, 0.15) is 18.9 Å². The molecule has 1 N–H and O–H groups in total. The first kappa shape index (κ1) is 14.5. The Morgan fingerprint density at radius 2 is 2.10 bits per heavy atom. The van der Waals surface area contributed by atoms with E-state index in [0.29, 0.717) is 13.1 Å². The molecule has 2 heterocycles. The van der Waals surface area contributed by atoms with Gasteiger partial charge in [0.25, 0.3) is 5.91 Å². The summed E-state index contributed by atoms with van der Waals surface area (Å²) in [5, 5.41) is 2.89. The Morgan fingerprint density at radius 3 is 2.86 bits per heavy atom. The maximum Gasteiger partial charge on any atom is 0.252 e. The molecular formula is C16H22N2O3. The molecule has 2 aliphatic rings. The first-order chi connectivity index (χ1) is 10.3. The molecular weight excluding hydrogens is 268 g/mol. The minimum atomic E-state index is -0.470. The zero-order valence-electron chi connectivity index (χ0n) is 12.3. The lowest BCUT2D eigenvalue weighted by Gasteiger charge is -2.30. The van der Waals surface area contributed by atoms with Gasteiger partial charge in [-0.2, -0.15) is 0 Å². The fraction of sp³-hybridized carbons (Fsp3) is 0.562. The van der Waals surface area contributed by atoms with Crippen LogP contribution in [0.25, 0.3) is 0 Å². The van der Waals surface area contributed by atoms with E-state index in [1.54, 1.807) is 0 Å². The van der Waals surface area contributed by atoms with Crippen LogP contribution in [0.2, 0.25) is 0 Å². The molecule has 114 valence electrons. The summed E-state index contributed by atoms with van der Waals surface area (Å²) >= 11 is 0. The Balaban J connectivity index is 1.58. The van der Waals surface area contributed by atoms with Gasteiger partial charge in [0.1, 0.15) is 6.10 Å². The van der Waals surface area contributed by atoms with Crippen LogP contribution in [0.15, 0.2) is 30.3 Å². The number of benzene rings is 1. The van der Waals surface area contributed by atoms with E-state index in [4.69, 9.17) is 9.47 Å². The number of nitrogens with zero attached hydrogens (tertiary/aromatic N) is 1. The van der Waals surface area contributed by atoms with Crippen LogP contribution in [0.3, 0.4) is 0 Å². The highest BCUT2D eigenvalue weighted by Crippen LogP contribution is 2.27. The van der Waals surface area contributed by atoms with Crippen LogP contribution < -0.4 is 5.32 Å². The highest BCUT2D eigenvalue weighted by Gasteiger charge is 2.45. The molecule has 5 nitrogen and oxygen atoms in total. The smallest absolute Gasteiger partial charge is 0.252 e. The van der Waals surface area contributed by atoms with Gasteiger partial charge < -0.3 is 14.8 Å². The van der Waals surface area contributed by atoms with E-state index in [1.807, 2.05) is 25.1 Å². The number of hydrogen-bond donors (Lipinski definition) is 1. The molecule has 21 heavy (non-hydrogen) atoms. The largest absolute Gasteiger partial charge is 0.354 e. The Hall–Kier alpha value is -1.43. The van der Waals surface area contributed by atoms with Gasteiger partial charge in [-0.05, 0) is 12.0 Å². The van der Waals surface area contributed by atoms with Gasteiger partial charge >= 0.3 is 0 Å². The minimum Gasteiger partial charge on any atom is -0.354 e. The monoisotopic (exact) mass is 290 g/mol. The van der Waals surface area contributed by atoms with E-state index in [2.05, 4.69) is 22.3 Å². The molecule has 3 atom stereocenters. The van der Waals surface area contributed by atoms with Crippen LogP contribution in [0, 0.1) is 0 Å². The van der Waals surface area contributed by atoms with Crippen LogP contribution in [0.5, 0.6) is 0 Å². The van der Waals surface area contributed by atoms with Gasteiger partial charge in [-0.3, -0.25) is 9.69 Å². The lowest BCUT2D eigenvalue weighted by molar-refractivity contribution is -0.134. The number of rotatable bonds is 5. The van der Waals surface area contributed by atoms with Crippen molar-refractivity contribution >= 4 is 5.91 Å². The topological polar surface area (TPSA) is 50.8 Å². The lowest BCUT2D eigenvalue weighted by Crippen LogP contribution is -2.47. The third-order valence-corrected chi connectivity index (χ3v) is 3.86. The van der Waals surface area contributed by atoms with Crippen molar-refractivity contribution in [2.75, 3.05) is 19.6 Å². The molecule has 0 aromatic heterocycles. The minimum absolute atomic E-state index is 0.0501. The van der Waals surface area contributed by atoms with E-state index < -0.39 is 6.10 Å². The number of amides is 1. The standard InChI is InChI=1S/C16H22N2O3/c1-2-8-17-16(19)15-13-10-18(11-14(20-13)21-15)9-12-6-4-3-5-7-12/h3-7,13-15H,2,8-11H2,1H3,(H,17,19)/t13-,14-,15+/m0/s1. The summed E-state index contributed by atoms with van der Waals surface area (Å²) in [5.41, 5.74) is 1.27. The molecule has 2 bridgehead atoms. The maximum atomic E-state index is 12.1. The number of morpholine rings is 1. The van der Waals surface area contributed by atoms with Crippen molar-refractivity contribution < 1.29 is 14.3 Å². The summed E-state index contributed by atoms with van der Waals surface area (Å²) in [6.07, 6.45) is 0.00423. The van der Waals surface area contributed by atoms with Gasteiger partial charge in [0.2, 0.25) is 0 Å². The van der Waals surface area contributed by atoms with Crippen LogP contribution in [-0.2, 0) is 20.8 Å². The molecule has 0 spiro atoms. The number of ether oxygens (including phenoxy) is 2. The lowest BCUT2D eigenvalue weighted by atomic mass is 10.1. The number of fused-ring (bicyclic) bond motifs is 2. The van der Waals surface area contributed by atoms with Gasteiger partial charge in [0.15, 0.2) is 12.4 Å². The summed E-state index contributed by atoms with van der Waals surface area (Å²) in [5.74, 6) is -0.0501. The molecule has 2 fully saturated rings. The summed E-state index contributed by atoms with van der Waals surface area (Å²) in [7, 11) is 0. The van der Waals surface area contributed by atoms with Gasteiger partial charge in [-0.25, -0.2) is 0 Å². The molecule has 1 aromatic carbocycles. The van der Waals surface area contributed by atoms with Crippen molar-refractivity contribution in [3.8, 4) is 0 Å². The molecule has 0 saturated carbocycles. The van der Waals surface area contributed by atoms with E-state index in [0.717, 1.165) is 19.5 Å². The predicted octanol–water partition coefficient (Wildman–Crippen LogP) is 1.14. The average molecular weight is 290 g/mol. The van der Waals surface area contributed by atoms with Gasteiger partial charge in [0.05, 0.1) is 6.54 Å². The zero-order valence-corrected chi connectivity index (χ0v) is 12.3. The van der Waals surface area contributed by atoms with Crippen molar-refractivity contribution in [2.24, 2.45) is 0 Å². The second kappa shape index (κ2) is 6.56. The fourth-order valence-corrected chi connectivity index (χ4v) is 2.86. The molecule has 2 aliphatic heterocycles. The van der Waals surface area contributed by atoms with Gasteiger partial charge in [-0.15, -0.1) is 0 Å². The van der Waals surface area contributed by atoms with E-state index >= 15 is 0 Å². The second-order valence-corrected chi connectivity index (χ2v) is 5.63. The number of carbonyl (C=O) groups excluding carboxylic acids is 1. The highest BCUT2D eigenvalue weighted by molar-refractivity contribution is 5.81. The molecule has 1 amide bonds. The Labute approximate surface area is 125 Å². The number of hydrogen-bond acceptors (Lipinski definition) is 4. The van der Waals surface area contributed by atoms with Gasteiger partial charge in [0, 0.05) is 19.6 Å².